The van der Waals surface area contributed by atoms with Crippen molar-refractivity contribution in [3.63, 3.8) is 0 Å². The fourth-order valence-electron chi connectivity index (χ4n) is 2.08. The van der Waals surface area contributed by atoms with Crippen LogP contribution in [0.25, 0.3) is 0 Å². The van der Waals surface area contributed by atoms with Crippen molar-refractivity contribution < 1.29 is 0 Å². The molecular weight excluding hydrogens is 182 g/mol. The quantitative estimate of drug-likeness (QED) is 0.697. The van der Waals surface area contributed by atoms with Gasteiger partial charge in [-0.05, 0) is 37.3 Å². The summed E-state index contributed by atoms with van der Waals surface area (Å²) < 4.78 is 0. The minimum absolute atomic E-state index is 0.609. The smallest absolute Gasteiger partial charge is 0.0348 e. The molecule has 15 heavy (non-hydrogen) atoms. The topological polar surface area (TPSA) is 12.0 Å². The lowest BCUT2D eigenvalue weighted by molar-refractivity contribution is 0.473. The molecule has 0 aliphatic heterocycles. The number of hydrogen-bond donors (Lipinski definition) is 1. The average Bonchev–Trinajstić information content (AvgIpc) is 3.10. The lowest BCUT2D eigenvalue weighted by Crippen LogP contribution is -2.24. The molecule has 1 aromatic rings. The average molecular weight is 203 g/mol. The molecule has 1 saturated carbocycles. The van der Waals surface area contributed by atoms with Crippen molar-refractivity contribution in [1.82, 2.24) is 5.32 Å². The Morgan fingerprint density at radius 1 is 1.27 bits per heavy atom. The summed E-state index contributed by atoms with van der Waals surface area (Å²) in [6.07, 6.45) is 5.37. The fraction of sp³-hybridized carbons (Fsp3) is 0.571. The molecule has 0 saturated heterocycles. The van der Waals surface area contributed by atoms with E-state index in [1.54, 1.807) is 0 Å². The van der Waals surface area contributed by atoms with Gasteiger partial charge in [0.05, 0.1) is 0 Å². The molecule has 1 aromatic carbocycles. The molecule has 0 aromatic heterocycles. The largest absolute Gasteiger partial charge is 0.310 e. The van der Waals surface area contributed by atoms with E-state index in [0.717, 1.165) is 12.5 Å². The summed E-state index contributed by atoms with van der Waals surface area (Å²) in [5, 5.41) is 3.70. The van der Waals surface area contributed by atoms with Crippen LogP contribution < -0.4 is 5.32 Å². The third-order valence-electron chi connectivity index (χ3n) is 3.15. The van der Waals surface area contributed by atoms with Gasteiger partial charge in [0.25, 0.3) is 0 Å². The van der Waals surface area contributed by atoms with Gasteiger partial charge in [0.1, 0.15) is 0 Å². The van der Waals surface area contributed by atoms with E-state index in [-0.39, 0.29) is 0 Å². The Bertz CT molecular complexity index is 277. The molecule has 1 unspecified atom stereocenters. The highest BCUT2D eigenvalue weighted by molar-refractivity contribution is 5.21. The highest BCUT2D eigenvalue weighted by Crippen LogP contribution is 2.40. The van der Waals surface area contributed by atoms with E-state index in [9.17, 15) is 0 Å². The van der Waals surface area contributed by atoms with E-state index in [0.29, 0.717) is 6.04 Å². The van der Waals surface area contributed by atoms with Gasteiger partial charge in [0.15, 0.2) is 0 Å². The lowest BCUT2D eigenvalue weighted by atomic mass is 10.0. The molecule has 0 radical (unpaired) electrons. The Kier molecular flexibility index (Phi) is 3.79. The highest BCUT2D eigenvalue weighted by Gasteiger charge is 2.31. The van der Waals surface area contributed by atoms with Crippen LogP contribution in [-0.2, 0) is 0 Å². The van der Waals surface area contributed by atoms with Gasteiger partial charge in [0.2, 0.25) is 0 Å². The summed E-state index contributed by atoms with van der Waals surface area (Å²) in [6.45, 7) is 3.41. The Labute approximate surface area is 92.9 Å². The van der Waals surface area contributed by atoms with Gasteiger partial charge >= 0.3 is 0 Å². The van der Waals surface area contributed by atoms with Crippen LogP contribution in [0.15, 0.2) is 30.3 Å². The minimum atomic E-state index is 0.609. The third-order valence-corrected chi connectivity index (χ3v) is 3.15. The molecule has 1 fully saturated rings. The molecule has 82 valence electrons. The first-order valence-corrected chi connectivity index (χ1v) is 6.20. The van der Waals surface area contributed by atoms with E-state index in [2.05, 4.69) is 42.6 Å². The summed E-state index contributed by atoms with van der Waals surface area (Å²) in [5.41, 5.74) is 1.47. The van der Waals surface area contributed by atoms with Crippen LogP contribution in [0.3, 0.4) is 0 Å². The van der Waals surface area contributed by atoms with Crippen LogP contribution in [0.4, 0.5) is 0 Å². The highest BCUT2D eigenvalue weighted by atomic mass is 14.9. The van der Waals surface area contributed by atoms with Gasteiger partial charge in [-0.2, -0.15) is 0 Å². The van der Waals surface area contributed by atoms with Crippen molar-refractivity contribution in [2.45, 2.75) is 38.6 Å². The Hall–Kier alpha value is -0.820. The van der Waals surface area contributed by atoms with E-state index in [1.807, 2.05) is 0 Å². The molecule has 1 heteroatoms. The summed E-state index contributed by atoms with van der Waals surface area (Å²) in [6, 6.07) is 11.5. The van der Waals surface area contributed by atoms with Gasteiger partial charge in [-0.15, -0.1) is 0 Å². The number of rotatable bonds is 6. The van der Waals surface area contributed by atoms with Crippen molar-refractivity contribution in [3.8, 4) is 0 Å². The fourth-order valence-corrected chi connectivity index (χ4v) is 2.08. The SMILES string of the molecule is CCCCNC(c1ccccc1)C1CC1. The maximum absolute atomic E-state index is 3.70. The summed E-state index contributed by atoms with van der Waals surface area (Å²) in [5.74, 6) is 0.893. The van der Waals surface area contributed by atoms with Crippen molar-refractivity contribution in [3.05, 3.63) is 35.9 Å². The normalized spacial score (nSPS) is 17.7. The van der Waals surface area contributed by atoms with Gasteiger partial charge < -0.3 is 5.32 Å². The maximum Gasteiger partial charge on any atom is 0.0348 e. The Balaban J connectivity index is 1.94. The molecule has 1 N–H and O–H groups in total. The first-order valence-electron chi connectivity index (χ1n) is 6.20. The zero-order chi connectivity index (χ0) is 10.5. The number of hydrogen-bond acceptors (Lipinski definition) is 1. The number of nitrogens with one attached hydrogen (secondary N) is 1. The van der Waals surface area contributed by atoms with Crippen molar-refractivity contribution in [2.24, 2.45) is 5.92 Å². The van der Waals surface area contributed by atoms with Crippen molar-refractivity contribution in [2.75, 3.05) is 6.54 Å². The first kappa shape index (κ1) is 10.7. The van der Waals surface area contributed by atoms with Crippen molar-refractivity contribution >= 4 is 0 Å². The molecule has 1 aliphatic carbocycles. The monoisotopic (exact) mass is 203 g/mol. The van der Waals surface area contributed by atoms with Crippen LogP contribution in [0, 0.1) is 5.92 Å². The predicted molar refractivity (Wildman–Crippen MR) is 64.8 cm³/mol. The Morgan fingerprint density at radius 2 is 2.00 bits per heavy atom. The van der Waals surface area contributed by atoms with E-state index < -0.39 is 0 Å². The van der Waals surface area contributed by atoms with Crippen LogP contribution in [-0.4, -0.2) is 6.54 Å². The molecule has 1 aliphatic rings. The van der Waals surface area contributed by atoms with Crippen molar-refractivity contribution in [1.29, 1.82) is 0 Å². The molecule has 1 nitrogen and oxygen atoms in total. The predicted octanol–water partition coefficient (Wildman–Crippen LogP) is 3.53. The second-order valence-corrected chi connectivity index (χ2v) is 4.53. The summed E-state index contributed by atoms with van der Waals surface area (Å²) in [7, 11) is 0. The van der Waals surface area contributed by atoms with E-state index in [4.69, 9.17) is 0 Å². The Morgan fingerprint density at radius 3 is 2.60 bits per heavy atom. The standard InChI is InChI=1S/C14H21N/c1-2-3-11-15-14(13-9-10-13)12-7-5-4-6-8-12/h4-8,13-15H,2-3,9-11H2,1H3. The summed E-state index contributed by atoms with van der Waals surface area (Å²) in [4.78, 5) is 0. The zero-order valence-corrected chi connectivity index (χ0v) is 9.58. The second-order valence-electron chi connectivity index (χ2n) is 4.53. The maximum atomic E-state index is 3.70. The summed E-state index contributed by atoms with van der Waals surface area (Å²) >= 11 is 0. The molecule has 2 rings (SSSR count). The molecule has 1 atom stereocenters. The van der Waals surface area contributed by atoms with Gasteiger partial charge in [-0.3, -0.25) is 0 Å². The number of benzene rings is 1. The van der Waals surface area contributed by atoms with Gasteiger partial charge in [-0.25, -0.2) is 0 Å². The van der Waals surface area contributed by atoms with Gasteiger partial charge in [-0.1, -0.05) is 43.7 Å². The molecule has 0 spiro atoms. The minimum Gasteiger partial charge on any atom is -0.310 e. The van der Waals surface area contributed by atoms with Crippen LogP contribution in [0.1, 0.15) is 44.2 Å². The number of unbranched alkanes of at least 4 members (excludes halogenated alkanes) is 1. The molecule has 0 heterocycles. The third kappa shape index (κ3) is 3.07. The van der Waals surface area contributed by atoms with Crippen LogP contribution >= 0.6 is 0 Å². The van der Waals surface area contributed by atoms with Crippen LogP contribution in [0.2, 0.25) is 0 Å². The second kappa shape index (κ2) is 5.32. The molecular formula is C14H21N. The lowest BCUT2D eigenvalue weighted by Gasteiger charge is -2.18. The molecule has 0 amide bonds. The van der Waals surface area contributed by atoms with E-state index >= 15 is 0 Å². The van der Waals surface area contributed by atoms with Gasteiger partial charge in [0, 0.05) is 6.04 Å². The first-order chi connectivity index (χ1) is 7.42. The van der Waals surface area contributed by atoms with E-state index in [1.165, 1.54) is 31.2 Å². The molecule has 0 bridgehead atoms. The zero-order valence-electron chi connectivity index (χ0n) is 9.58. The van der Waals surface area contributed by atoms with Crippen LogP contribution in [0.5, 0.6) is 0 Å².